The summed E-state index contributed by atoms with van der Waals surface area (Å²) in [7, 11) is 0. The lowest BCUT2D eigenvalue weighted by Crippen LogP contribution is -2.32. The highest BCUT2D eigenvalue weighted by Crippen LogP contribution is 2.14. The summed E-state index contributed by atoms with van der Waals surface area (Å²) < 4.78 is 0. The van der Waals surface area contributed by atoms with Crippen molar-refractivity contribution >= 4 is 11.6 Å². The predicted octanol–water partition coefficient (Wildman–Crippen LogP) is 1.08. The van der Waals surface area contributed by atoms with Gasteiger partial charge in [-0.3, -0.25) is 9.89 Å². The van der Waals surface area contributed by atoms with Crippen LogP contribution in [0.25, 0.3) is 0 Å². The standard InChI is InChI=1S/C10H18N4O/c1-4-6(3)12-10(15)9-8(11)7(5-2)13-14-9/h6H,4-5,11H2,1-3H3,(H,12,15)(H,13,14). The van der Waals surface area contributed by atoms with E-state index >= 15 is 0 Å². The third-order valence-electron chi connectivity index (χ3n) is 2.44. The average Bonchev–Trinajstić information content (AvgIpc) is 2.59. The molecule has 1 atom stereocenters. The van der Waals surface area contributed by atoms with Crippen LogP contribution in [0, 0.1) is 0 Å². The number of anilines is 1. The molecule has 0 aliphatic carbocycles. The number of aryl methyl sites for hydroxylation is 1. The molecule has 84 valence electrons. The zero-order chi connectivity index (χ0) is 11.4. The summed E-state index contributed by atoms with van der Waals surface area (Å²) in [5.41, 5.74) is 7.34. The molecule has 0 saturated carbocycles. The molecule has 0 spiro atoms. The van der Waals surface area contributed by atoms with Gasteiger partial charge in [0, 0.05) is 6.04 Å². The number of carbonyl (C=O) groups is 1. The normalized spacial score (nSPS) is 12.5. The van der Waals surface area contributed by atoms with E-state index < -0.39 is 0 Å². The van der Waals surface area contributed by atoms with Crippen LogP contribution in [0.15, 0.2) is 0 Å². The molecule has 0 saturated heterocycles. The monoisotopic (exact) mass is 210 g/mol. The Morgan fingerprint density at radius 2 is 2.27 bits per heavy atom. The number of H-pyrrole nitrogens is 1. The molecular formula is C10H18N4O. The molecule has 5 heteroatoms. The van der Waals surface area contributed by atoms with Crippen molar-refractivity contribution in [2.75, 3.05) is 5.73 Å². The summed E-state index contributed by atoms with van der Waals surface area (Å²) >= 11 is 0. The SMILES string of the molecule is CCc1[nH]nc(C(=O)NC(C)CC)c1N. The van der Waals surface area contributed by atoms with Crippen molar-refractivity contribution in [3.8, 4) is 0 Å². The van der Waals surface area contributed by atoms with Gasteiger partial charge in [-0.05, 0) is 19.8 Å². The molecular weight excluding hydrogens is 192 g/mol. The maximum Gasteiger partial charge on any atom is 0.274 e. The molecule has 1 unspecified atom stereocenters. The first-order chi connectivity index (χ1) is 7.10. The minimum absolute atomic E-state index is 0.138. The number of carbonyl (C=O) groups excluding carboxylic acids is 1. The number of hydrogen-bond acceptors (Lipinski definition) is 3. The summed E-state index contributed by atoms with van der Waals surface area (Å²) in [6.45, 7) is 5.91. The Morgan fingerprint density at radius 1 is 1.60 bits per heavy atom. The summed E-state index contributed by atoms with van der Waals surface area (Å²) in [6.07, 6.45) is 1.63. The van der Waals surface area contributed by atoms with E-state index in [9.17, 15) is 4.79 Å². The van der Waals surface area contributed by atoms with Crippen molar-refractivity contribution in [1.82, 2.24) is 15.5 Å². The van der Waals surface area contributed by atoms with Crippen LogP contribution in [-0.2, 0) is 6.42 Å². The van der Waals surface area contributed by atoms with Crippen LogP contribution in [0.1, 0.15) is 43.4 Å². The lowest BCUT2D eigenvalue weighted by atomic mass is 10.2. The highest BCUT2D eigenvalue weighted by atomic mass is 16.2. The van der Waals surface area contributed by atoms with E-state index in [2.05, 4.69) is 15.5 Å². The van der Waals surface area contributed by atoms with Gasteiger partial charge in [-0.2, -0.15) is 5.10 Å². The van der Waals surface area contributed by atoms with Crippen LogP contribution in [0.5, 0.6) is 0 Å². The number of aromatic nitrogens is 2. The molecule has 15 heavy (non-hydrogen) atoms. The second-order valence-electron chi connectivity index (χ2n) is 3.60. The fraction of sp³-hybridized carbons (Fsp3) is 0.600. The molecule has 1 heterocycles. The first-order valence-corrected chi connectivity index (χ1v) is 5.23. The van der Waals surface area contributed by atoms with E-state index in [0.29, 0.717) is 11.4 Å². The quantitative estimate of drug-likeness (QED) is 0.695. The summed E-state index contributed by atoms with van der Waals surface area (Å²) in [5, 5.41) is 9.49. The molecule has 1 aromatic rings. The predicted molar refractivity (Wildman–Crippen MR) is 59.6 cm³/mol. The molecule has 0 aliphatic rings. The maximum atomic E-state index is 11.7. The maximum absolute atomic E-state index is 11.7. The first kappa shape index (κ1) is 11.6. The van der Waals surface area contributed by atoms with Crippen LogP contribution in [0.3, 0.4) is 0 Å². The number of aromatic amines is 1. The lowest BCUT2D eigenvalue weighted by Gasteiger charge is -2.09. The Hall–Kier alpha value is -1.52. The van der Waals surface area contributed by atoms with E-state index in [4.69, 9.17) is 5.73 Å². The highest BCUT2D eigenvalue weighted by Gasteiger charge is 2.17. The number of nitrogens with zero attached hydrogens (tertiary/aromatic N) is 1. The van der Waals surface area contributed by atoms with E-state index in [1.807, 2.05) is 20.8 Å². The molecule has 1 rings (SSSR count). The van der Waals surface area contributed by atoms with Gasteiger partial charge in [-0.25, -0.2) is 0 Å². The topological polar surface area (TPSA) is 83.8 Å². The van der Waals surface area contributed by atoms with Crippen LogP contribution in [-0.4, -0.2) is 22.1 Å². The number of nitrogen functional groups attached to an aromatic ring is 1. The molecule has 0 aromatic carbocycles. The minimum atomic E-state index is -0.210. The van der Waals surface area contributed by atoms with Crippen molar-refractivity contribution in [1.29, 1.82) is 0 Å². The summed E-state index contributed by atoms with van der Waals surface area (Å²) in [4.78, 5) is 11.7. The second-order valence-corrected chi connectivity index (χ2v) is 3.60. The number of hydrogen-bond donors (Lipinski definition) is 3. The molecule has 4 N–H and O–H groups in total. The highest BCUT2D eigenvalue weighted by molar-refractivity contribution is 5.97. The van der Waals surface area contributed by atoms with Gasteiger partial charge in [0.2, 0.25) is 0 Å². The van der Waals surface area contributed by atoms with Gasteiger partial charge in [0.05, 0.1) is 11.4 Å². The van der Waals surface area contributed by atoms with E-state index in [1.165, 1.54) is 0 Å². The lowest BCUT2D eigenvalue weighted by molar-refractivity contribution is 0.0935. The Balaban J connectivity index is 2.78. The third-order valence-corrected chi connectivity index (χ3v) is 2.44. The molecule has 1 aromatic heterocycles. The van der Waals surface area contributed by atoms with E-state index in [0.717, 1.165) is 18.5 Å². The molecule has 0 radical (unpaired) electrons. The Labute approximate surface area is 89.4 Å². The first-order valence-electron chi connectivity index (χ1n) is 5.23. The molecule has 1 amide bonds. The number of nitrogens with two attached hydrogens (primary N) is 1. The van der Waals surface area contributed by atoms with Crippen LogP contribution < -0.4 is 11.1 Å². The fourth-order valence-electron chi connectivity index (χ4n) is 1.22. The van der Waals surface area contributed by atoms with Crippen LogP contribution in [0.2, 0.25) is 0 Å². The zero-order valence-corrected chi connectivity index (χ0v) is 9.42. The van der Waals surface area contributed by atoms with Gasteiger partial charge in [0.1, 0.15) is 0 Å². The van der Waals surface area contributed by atoms with E-state index in [1.54, 1.807) is 0 Å². The second kappa shape index (κ2) is 4.82. The van der Waals surface area contributed by atoms with Gasteiger partial charge in [-0.1, -0.05) is 13.8 Å². The third kappa shape index (κ3) is 2.49. The van der Waals surface area contributed by atoms with Crippen molar-refractivity contribution in [2.24, 2.45) is 0 Å². The average molecular weight is 210 g/mol. The Bertz CT molecular complexity index is 345. The van der Waals surface area contributed by atoms with Crippen LogP contribution in [0.4, 0.5) is 5.69 Å². The van der Waals surface area contributed by atoms with Gasteiger partial charge >= 0.3 is 0 Å². The largest absolute Gasteiger partial charge is 0.395 e. The van der Waals surface area contributed by atoms with Gasteiger partial charge in [0.15, 0.2) is 5.69 Å². The Morgan fingerprint density at radius 3 is 2.73 bits per heavy atom. The number of amides is 1. The fourth-order valence-corrected chi connectivity index (χ4v) is 1.22. The Kier molecular flexibility index (Phi) is 3.71. The molecule has 0 aliphatic heterocycles. The molecule has 5 nitrogen and oxygen atoms in total. The molecule has 0 bridgehead atoms. The van der Waals surface area contributed by atoms with Crippen LogP contribution >= 0.6 is 0 Å². The number of rotatable bonds is 4. The smallest absolute Gasteiger partial charge is 0.274 e. The van der Waals surface area contributed by atoms with Gasteiger partial charge in [0.25, 0.3) is 5.91 Å². The van der Waals surface area contributed by atoms with E-state index in [-0.39, 0.29) is 11.9 Å². The van der Waals surface area contributed by atoms with Crippen molar-refractivity contribution in [3.05, 3.63) is 11.4 Å². The van der Waals surface area contributed by atoms with Gasteiger partial charge in [-0.15, -0.1) is 0 Å². The van der Waals surface area contributed by atoms with Crippen molar-refractivity contribution < 1.29 is 4.79 Å². The number of nitrogens with one attached hydrogen (secondary N) is 2. The summed E-state index contributed by atoms with van der Waals surface area (Å²) in [6, 6.07) is 0.138. The van der Waals surface area contributed by atoms with Gasteiger partial charge < -0.3 is 11.1 Å². The minimum Gasteiger partial charge on any atom is -0.395 e. The van der Waals surface area contributed by atoms with Crippen molar-refractivity contribution in [2.45, 2.75) is 39.7 Å². The summed E-state index contributed by atoms with van der Waals surface area (Å²) in [5.74, 6) is -0.210. The molecule has 0 fully saturated rings. The van der Waals surface area contributed by atoms with Crippen molar-refractivity contribution in [3.63, 3.8) is 0 Å². The zero-order valence-electron chi connectivity index (χ0n) is 9.42.